The van der Waals surface area contributed by atoms with Crippen molar-refractivity contribution in [2.45, 2.75) is 19.3 Å². The fraction of sp³-hybridized carbons (Fsp3) is 0.214. The topological polar surface area (TPSA) is 48.1 Å². The van der Waals surface area contributed by atoms with Gasteiger partial charge in [0.15, 0.2) is 0 Å². The van der Waals surface area contributed by atoms with Gasteiger partial charge < -0.3 is 10.5 Å². The summed E-state index contributed by atoms with van der Waals surface area (Å²) in [6.07, 6.45) is 3.31. The first-order valence-electron chi connectivity index (χ1n) is 5.94. The van der Waals surface area contributed by atoms with Crippen LogP contribution in [0.15, 0.2) is 30.3 Å². The number of nitrogens with two attached hydrogens (primary N) is 1. The van der Waals surface area contributed by atoms with Crippen LogP contribution in [-0.2, 0) is 12.8 Å². The number of anilines is 1. The summed E-state index contributed by atoms with van der Waals surface area (Å²) in [4.78, 5) is 4.50. The standard InChI is InChI=1S/C14H13ClN2O/c15-11-6-5-10(16)8-13(11)18-14-7-4-9-2-1-3-12(9)17-14/h4-8H,1-3,16H2. The minimum absolute atomic E-state index is 0.534. The molecule has 2 aromatic rings. The molecular formula is C14H13ClN2O. The summed E-state index contributed by atoms with van der Waals surface area (Å²) < 4.78 is 5.69. The lowest BCUT2D eigenvalue weighted by atomic mass is 10.2. The van der Waals surface area contributed by atoms with Crippen molar-refractivity contribution in [3.05, 3.63) is 46.6 Å². The van der Waals surface area contributed by atoms with Crippen LogP contribution in [0.4, 0.5) is 5.69 Å². The smallest absolute Gasteiger partial charge is 0.219 e. The molecule has 1 aromatic carbocycles. The summed E-state index contributed by atoms with van der Waals surface area (Å²) in [6, 6.07) is 9.12. The van der Waals surface area contributed by atoms with E-state index in [2.05, 4.69) is 11.1 Å². The van der Waals surface area contributed by atoms with Gasteiger partial charge in [0.2, 0.25) is 5.88 Å². The molecule has 3 rings (SSSR count). The minimum Gasteiger partial charge on any atom is -0.437 e. The van der Waals surface area contributed by atoms with Crippen molar-refractivity contribution in [3.8, 4) is 11.6 Å². The van der Waals surface area contributed by atoms with Gasteiger partial charge in [0.05, 0.1) is 5.02 Å². The number of aryl methyl sites for hydroxylation is 2. The van der Waals surface area contributed by atoms with Crippen molar-refractivity contribution in [3.63, 3.8) is 0 Å². The van der Waals surface area contributed by atoms with Crippen molar-refractivity contribution in [1.82, 2.24) is 4.98 Å². The van der Waals surface area contributed by atoms with Crippen LogP contribution in [0.1, 0.15) is 17.7 Å². The van der Waals surface area contributed by atoms with Gasteiger partial charge in [-0.1, -0.05) is 17.7 Å². The lowest BCUT2D eigenvalue weighted by molar-refractivity contribution is 0.461. The Bertz CT molecular complexity index is 598. The van der Waals surface area contributed by atoms with E-state index in [4.69, 9.17) is 22.1 Å². The summed E-state index contributed by atoms with van der Waals surface area (Å²) in [7, 11) is 0. The minimum atomic E-state index is 0.534. The largest absolute Gasteiger partial charge is 0.437 e. The second-order valence-electron chi connectivity index (χ2n) is 4.40. The molecule has 0 spiro atoms. The molecule has 2 N–H and O–H groups in total. The van der Waals surface area contributed by atoms with E-state index in [0.717, 1.165) is 18.5 Å². The van der Waals surface area contributed by atoms with Gasteiger partial charge in [-0.25, -0.2) is 4.98 Å². The van der Waals surface area contributed by atoms with E-state index in [1.54, 1.807) is 18.2 Å². The average Bonchev–Trinajstić information content (AvgIpc) is 2.81. The lowest BCUT2D eigenvalue weighted by Gasteiger charge is -2.08. The summed E-state index contributed by atoms with van der Waals surface area (Å²) in [5.41, 5.74) is 8.79. The lowest BCUT2D eigenvalue weighted by Crippen LogP contribution is -1.94. The predicted molar refractivity (Wildman–Crippen MR) is 72.2 cm³/mol. The van der Waals surface area contributed by atoms with E-state index in [9.17, 15) is 0 Å². The van der Waals surface area contributed by atoms with E-state index >= 15 is 0 Å². The quantitative estimate of drug-likeness (QED) is 0.840. The SMILES string of the molecule is Nc1ccc(Cl)c(Oc2ccc3c(n2)CCC3)c1. The van der Waals surface area contributed by atoms with Gasteiger partial charge in [0, 0.05) is 23.5 Å². The molecule has 1 aromatic heterocycles. The normalized spacial score (nSPS) is 13.4. The number of rotatable bonds is 2. The van der Waals surface area contributed by atoms with Crippen LogP contribution in [0.25, 0.3) is 0 Å². The van der Waals surface area contributed by atoms with Gasteiger partial charge >= 0.3 is 0 Å². The van der Waals surface area contributed by atoms with Crippen LogP contribution in [0.3, 0.4) is 0 Å². The van der Waals surface area contributed by atoms with E-state index in [1.165, 1.54) is 12.0 Å². The molecule has 1 aliphatic carbocycles. The van der Waals surface area contributed by atoms with Crippen LogP contribution in [-0.4, -0.2) is 4.98 Å². The zero-order valence-corrected chi connectivity index (χ0v) is 10.6. The second-order valence-corrected chi connectivity index (χ2v) is 4.81. The number of nitrogen functional groups attached to an aromatic ring is 1. The molecule has 0 bridgehead atoms. The predicted octanol–water partition coefficient (Wildman–Crippen LogP) is 3.60. The summed E-state index contributed by atoms with van der Waals surface area (Å²) in [6.45, 7) is 0. The molecule has 0 atom stereocenters. The Morgan fingerprint density at radius 3 is 2.94 bits per heavy atom. The molecule has 4 heteroatoms. The van der Waals surface area contributed by atoms with E-state index < -0.39 is 0 Å². The maximum absolute atomic E-state index is 6.06. The number of benzene rings is 1. The molecule has 0 unspecified atom stereocenters. The first kappa shape index (κ1) is 11.4. The Morgan fingerprint density at radius 2 is 2.06 bits per heavy atom. The van der Waals surface area contributed by atoms with E-state index in [1.807, 2.05) is 6.07 Å². The second kappa shape index (κ2) is 4.50. The van der Waals surface area contributed by atoms with Crippen LogP contribution in [0, 0.1) is 0 Å². The molecule has 92 valence electrons. The van der Waals surface area contributed by atoms with Crippen molar-refractivity contribution in [2.75, 3.05) is 5.73 Å². The van der Waals surface area contributed by atoms with Crippen molar-refractivity contribution < 1.29 is 4.74 Å². The summed E-state index contributed by atoms with van der Waals surface area (Å²) in [5.74, 6) is 1.12. The van der Waals surface area contributed by atoms with Crippen LogP contribution in [0.2, 0.25) is 5.02 Å². The Balaban J connectivity index is 1.90. The summed E-state index contributed by atoms with van der Waals surface area (Å²) >= 11 is 6.06. The van der Waals surface area contributed by atoms with Gasteiger partial charge in [-0.05, 0) is 37.0 Å². The third-order valence-electron chi connectivity index (χ3n) is 3.07. The van der Waals surface area contributed by atoms with Crippen molar-refractivity contribution in [1.29, 1.82) is 0 Å². The maximum Gasteiger partial charge on any atom is 0.219 e. The number of nitrogens with zero attached hydrogens (tertiary/aromatic N) is 1. The summed E-state index contributed by atoms with van der Waals surface area (Å²) in [5, 5.41) is 0.534. The molecule has 0 radical (unpaired) electrons. The molecule has 1 aliphatic rings. The third-order valence-corrected chi connectivity index (χ3v) is 3.38. The highest BCUT2D eigenvalue weighted by Crippen LogP contribution is 2.31. The van der Waals surface area contributed by atoms with Crippen LogP contribution in [0.5, 0.6) is 11.6 Å². The number of pyridine rings is 1. The number of hydrogen-bond donors (Lipinski definition) is 1. The Hall–Kier alpha value is -1.74. The van der Waals surface area contributed by atoms with Gasteiger partial charge in [-0.2, -0.15) is 0 Å². The molecule has 3 nitrogen and oxygen atoms in total. The zero-order chi connectivity index (χ0) is 12.5. The fourth-order valence-electron chi connectivity index (χ4n) is 2.17. The van der Waals surface area contributed by atoms with Gasteiger partial charge in [0.1, 0.15) is 5.75 Å². The highest BCUT2D eigenvalue weighted by atomic mass is 35.5. The monoisotopic (exact) mass is 260 g/mol. The zero-order valence-electron chi connectivity index (χ0n) is 9.82. The first-order valence-corrected chi connectivity index (χ1v) is 6.32. The highest BCUT2D eigenvalue weighted by molar-refractivity contribution is 6.32. The van der Waals surface area contributed by atoms with Gasteiger partial charge in [-0.3, -0.25) is 0 Å². The molecule has 1 heterocycles. The van der Waals surface area contributed by atoms with Gasteiger partial charge in [-0.15, -0.1) is 0 Å². The average molecular weight is 261 g/mol. The Labute approximate surface area is 111 Å². The van der Waals surface area contributed by atoms with E-state index in [0.29, 0.717) is 22.3 Å². The molecule has 0 aliphatic heterocycles. The Morgan fingerprint density at radius 1 is 1.17 bits per heavy atom. The third kappa shape index (κ3) is 2.14. The number of fused-ring (bicyclic) bond motifs is 1. The highest BCUT2D eigenvalue weighted by Gasteiger charge is 2.13. The molecule has 0 amide bonds. The first-order chi connectivity index (χ1) is 8.72. The van der Waals surface area contributed by atoms with Crippen LogP contribution < -0.4 is 10.5 Å². The maximum atomic E-state index is 6.06. The number of ether oxygens (including phenoxy) is 1. The molecule has 0 saturated heterocycles. The molecule has 0 fully saturated rings. The molecular weight excluding hydrogens is 248 g/mol. The van der Waals surface area contributed by atoms with Gasteiger partial charge in [0.25, 0.3) is 0 Å². The number of aromatic nitrogens is 1. The Kier molecular flexibility index (Phi) is 2.84. The molecule has 0 saturated carbocycles. The van der Waals surface area contributed by atoms with E-state index in [-0.39, 0.29) is 0 Å². The van der Waals surface area contributed by atoms with Crippen LogP contribution >= 0.6 is 11.6 Å². The number of hydrogen-bond acceptors (Lipinski definition) is 3. The number of halogens is 1. The van der Waals surface area contributed by atoms with Crippen molar-refractivity contribution >= 4 is 17.3 Å². The molecule has 18 heavy (non-hydrogen) atoms. The fourth-order valence-corrected chi connectivity index (χ4v) is 2.32. The van der Waals surface area contributed by atoms with Crippen molar-refractivity contribution in [2.24, 2.45) is 0 Å².